The fourth-order valence-electron chi connectivity index (χ4n) is 10.8. The van der Waals surface area contributed by atoms with Crippen LogP contribution in [0.15, 0.2) is 102 Å². The highest BCUT2D eigenvalue weighted by Crippen LogP contribution is 2.45. The van der Waals surface area contributed by atoms with Crippen molar-refractivity contribution in [1.29, 1.82) is 0 Å². The summed E-state index contributed by atoms with van der Waals surface area (Å²) >= 11 is 0. The molecule has 0 saturated carbocycles. The van der Waals surface area contributed by atoms with E-state index in [0.717, 1.165) is 37.7 Å². The predicted molar refractivity (Wildman–Crippen MR) is 358 cm³/mol. The van der Waals surface area contributed by atoms with Crippen molar-refractivity contribution in [3.05, 3.63) is 169 Å². The Morgan fingerprint density at radius 2 is 0.734 bits per heavy atom. The molecular weight excluding hydrogens is 949 g/mol. The van der Waals surface area contributed by atoms with E-state index >= 15 is 0 Å². The van der Waals surface area contributed by atoms with Crippen LogP contribution in [0.5, 0.6) is 0 Å². The molecule has 79 heavy (non-hydrogen) atoms. The van der Waals surface area contributed by atoms with Gasteiger partial charge in [0.1, 0.15) is 0 Å². The zero-order valence-corrected chi connectivity index (χ0v) is 56.8. The first-order valence-electron chi connectivity index (χ1n) is 30.4. The molecule has 0 N–H and O–H groups in total. The molecule has 0 spiro atoms. The fourth-order valence-corrected chi connectivity index (χ4v) is 10.8. The van der Waals surface area contributed by atoms with Crippen molar-refractivity contribution in [2.75, 3.05) is 0 Å². The van der Waals surface area contributed by atoms with Crippen LogP contribution < -0.4 is 0 Å². The molecule has 5 aromatic rings. The van der Waals surface area contributed by atoms with E-state index in [1.807, 2.05) is 0 Å². The van der Waals surface area contributed by atoms with Crippen molar-refractivity contribution in [2.45, 2.75) is 272 Å². The summed E-state index contributed by atoms with van der Waals surface area (Å²) in [6.07, 6.45) is 13.9. The van der Waals surface area contributed by atoms with Crippen LogP contribution >= 0.6 is 0 Å². The van der Waals surface area contributed by atoms with Gasteiger partial charge in [0.15, 0.2) is 0 Å². The summed E-state index contributed by atoms with van der Waals surface area (Å²) in [7, 11) is 0. The van der Waals surface area contributed by atoms with Gasteiger partial charge in [-0.25, -0.2) is 0 Å². The maximum atomic E-state index is 6.35. The summed E-state index contributed by atoms with van der Waals surface area (Å²) < 4.78 is 0. The molecule has 0 heteroatoms. The zero-order chi connectivity index (χ0) is 60.8. The van der Waals surface area contributed by atoms with Gasteiger partial charge in [0.25, 0.3) is 0 Å². The molecule has 432 valence electrons. The number of hydrogen-bond donors (Lipinski definition) is 0. The molecule has 5 rings (SSSR count). The minimum atomic E-state index is 0.0273. The number of aryl methyl sites for hydroxylation is 2. The van der Waals surface area contributed by atoms with Crippen LogP contribution in [-0.4, -0.2) is 0 Å². The normalized spacial score (nSPS) is 13.5. The van der Waals surface area contributed by atoms with E-state index in [1.165, 1.54) is 100 Å². The van der Waals surface area contributed by atoms with E-state index < -0.39 is 0 Å². The van der Waals surface area contributed by atoms with Crippen LogP contribution in [0.3, 0.4) is 0 Å². The van der Waals surface area contributed by atoms with Crippen molar-refractivity contribution in [3.63, 3.8) is 0 Å². The third-order valence-corrected chi connectivity index (χ3v) is 15.7. The number of hydrogen-bond acceptors (Lipinski definition) is 0. The van der Waals surface area contributed by atoms with E-state index in [1.54, 1.807) is 0 Å². The van der Waals surface area contributed by atoms with Gasteiger partial charge in [-0.3, -0.25) is 0 Å². The molecule has 0 fully saturated rings. The van der Waals surface area contributed by atoms with Crippen LogP contribution in [-0.2, 0) is 51.8 Å². The second kappa shape index (κ2) is 25.9. The average Bonchev–Trinajstić information content (AvgIpc) is 3.31. The molecule has 0 aliphatic heterocycles. The first-order valence-corrected chi connectivity index (χ1v) is 30.4. The van der Waals surface area contributed by atoms with Gasteiger partial charge in [0.2, 0.25) is 0 Å². The van der Waals surface area contributed by atoms with E-state index in [-0.39, 0.29) is 43.3 Å². The number of benzene rings is 5. The van der Waals surface area contributed by atoms with E-state index in [9.17, 15) is 0 Å². The topological polar surface area (TPSA) is 0 Å². The van der Waals surface area contributed by atoms with Gasteiger partial charge in [-0.15, -0.1) is 6.42 Å². The lowest BCUT2D eigenvalue weighted by molar-refractivity contribution is 0.413. The molecule has 0 atom stereocenters. The molecular formula is C79H116. The molecule has 0 heterocycles. The maximum Gasteiger partial charge on any atom is 0.0352 e. The maximum absolute atomic E-state index is 6.35. The second-order valence-corrected chi connectivity index (χ2v) is 31.4. The lowest BCUT2D eigenvalue weighted by Gasteiger charge is -2.33. The molecule has 0 unspecified atom stereocenters. The largest absolute Gasteiger partial charge is 0.115 e. The van der Waals surface area contributed by atoms with Crippen LogP contribution in [0.1, 0.15) is 273 Å². The Labute approximate surface area is 489 Å². The summed E-state index contributed by atoms with van der Waals surface area (Å²) in [5, 5.41) is 0. The fraction of sp³-hybridized carbons (Fsp3) is 0.544. The minimum absolute atomic E-state index is 0.0273. The zero-order valence-electron chi connectivity index (χ0n) is 56.8. The molecule has 0 aliphatic carbocycles. The van der Waals surface area contributed by atoms with E-state index in [4.69, 9.17) is 6.42 Å². The molecule has 0 aliphatic rings. The van der Waals surface area contributed by atoms with E-state index in [2.05, 4.69) is 305 Å². The summed E-state index contributed by atoms with van der Waals surface area (Å²) in [6, 6.07) is 32.1. The van der Waals surface area contributed by atoms with Gasteiger partial charge in [-0.2, -0.15) is 0 Å². The minimum Gasteiger partial charge on any atom is -0.115 e. The standard InChI is InChI=1S/C33H52.C32H50.C14H14/c1-16-24(25(17-2)28(32(10,11)12)19-20-30(4,5)6)27-21-23(31(7,8)9)22-29(26(27)18-3)33(13,14)15;1-15-23-25(17-21(29(3,4)5)19-27(23)31(9,10)11)26-18-22(30(6,7)8)20-28(24(26)16-2)32(12,13)14;1-11-3-7-13(8-4-11)14-9-5-12(2)6-10-14/h1,19,21-22H,17-18,20H2,2-15H3;17-20H,15-16H2,1-14H3;3-10H,1-2H3/b25-24+,28-19+;;. The molecule has 0 saturated heterocycles. The van der Waals surface area contributed by atoms with E-state index in [0.29, 0.717) is 0 Å². The predicted octanol–water partition coefficient (Wildman–Crippen LogP) is 23.7. The van der Waals surface area contributed by atoms with Gasteiger partial charge >= 0.3 is 0 Å². The molecule has 0 radical (unpaired) electrons. The quantitative estimate of drug-likeness (QED) is 0.102. The van der Waals surface area contributed by atoms with Gasteiger partial charge in [-0.05, 0) is 184 Å². The van der Waals surface area contributed by atoms with Crippen molar-refractivity contribution >= 4 is 5.57 Å². The lowest BCUT2D eigenvalue weighted by Crippen LogP contribution is -2.21. The van der Waals surface area contributed by atoms with Crippen molar-refractivity contribution in [3.8, 4) is 34.6 Å². The van der Waals surface area contributed by atoms with Crippen LogP contribution in [0.25, 0.3) is 27.8 Å². The Hall–Kier alpha value is -4.86. The van der Waals surface area contributed by atoms with Gasteiger partial charge in [0.05, 0.1) is 0 Å². The Kier molecular flexibility index (Phi) is 22.5. The number of rotatable bonds is 9. The Morgan fingerprint density at radius 3 is 0.987 bits per heavy atom. The summed E-state index contributed by atoms with van der Waals surface area (Å²) in [5.41, 5.74) is 27.1. The van der Waals surface area contributed by atoms with Gasteiger partial charge < -0.3 is 0 Å². The highest BCUT2D eigenvalue weighted by Gasteiger charge is 2.31. The second-order valence-electron chi connectivity index (χ2n) is 31.4. The molecule has 0 aromatic heterocycles. The average molecular weight is 1070 g/mol. The van der Waals surface area contributed by atoms with Crippen LogP contribution in [0, 0.1) is 37.0 Å². The monoisotopic (exact) mass is 1060 g/mol. The van der Waals surface area contributed by atoms with Crippen molar-refractivity contribution in [2.24, 2.45) is 10.8 Å². The number of allylic oxidation sites excluding steroid dienone is 4. The number of terminal acetylenes is 1. The molecule has 0 bridgehead atoms. The van der Waals surface area contributed by atoms with Crippen molar-refractivity contribution < 1.29 is 0 Å². The van der Waals surface area contributed by atoms with Crippen molar-refractivity contribution in [1.82, 2.24) is 0 Å². The third-order valence-electron chi connectivity index (χ3n) is 15.7. The molecule has 5 aromatic carbocycles. The Morgan fingerprint density at radius 1 is 0.418 bits per heavy atom. The Balaban J connectivity index is 0.000000334. The van der Waals surface area contributed by atoms with Crippen LogP contribution in [0.2, 0.25) is 0 Å². The van der Waals surface area contributed by atoms with Gasteiger partial charge in [-0.1, -0.05) is 296 Å². The SMILES string of the molecule is C#C/C(=C(CC)\C(=C/CC(C)(C)C)C(C)(C)C)c1cc(C(C)(C)C)cc(C(C)(C)C)c1CC.CCc1c(-c2cc(C(C)(C)C)cc(C(C)(C)C)c2CC)cc(C(C)(C)C)cc1C(C)(C)C.Cc1ccc(-c2ccc(C)cc2)cc1. The first-order chi connectivity index (χ1) is 35.8. The molecule has 0 nitrogen and oxygen atoms in total. The van der Waals surface area contributed by atoms with Gasteiger partial charge in [0, 0.05) is 5.57 Å². The summed E-state index contributed by atoms with van der Waals surface area (Å²) in [5.74, 6) is 3.19. The third kappa shape index (κ3) is 18.6. The van der Waals surface area contributed by atoms with Crippen LogP contribution in [0.4, 0.5) is 0 Å². The lowest BCUT2D eigenvalue weighted by atomic mass is 9.72. The summed E-state index contributed by atoms with van der Waals surface area (Å²) in [6.45, 7) is 69.4. The first kappa shape index (κ1) is 68.4. The summed E-state index contributed by atoms with van der Waals surface area (Å²) in [4.78, 5) is 0. The Bertz CT molecular complexity index is 2790. The molecule has 0 amide bonds. The highest BCUT2D eigenvalue weighted by atomic mass is 14.4. The smallest absolute Gasteiger partial charge is 0.0352 e. The highest BCUT2D eigenvalue weighted by molar-refractivity contribution is 5.86.